The van der Waals surface area contributed by atoms with Gasteiger partial charge in [-0.15, -0.1) is 0 Å². The molecule has 0 saturated carbocycles. The third-order valence-corrected chi connectivity index (χ3v) is 4.17. The number of hydrogen-bond acceptors (Lipinski definition) is 5. The summed E-state index contributed by atoms with van der Waals surface area (Å²) in [5.74, 6) is -0.607. The molecule has 0 aliphatic rings. The molecule has 20 heavy (non-hydrogen) atoms. The first-order chi connectivity index (χ1) is 9.56. The summed E-state index contributed by atoms with van der Waals surface area (Å²) >= 11 is 0. The molecule has 0 fully saturated rings. The van der Waals surface area contributed by atoms with E-state index in [1.165, 1.54) is 12.1 Å². The lowest BCUT2D eigenvalue weighted by Gasteiger charge is -2.06. The van der Waals surface area contributed by atoms with Crippen molar-refractivity contribution in [3.63, 3.8) is 0 Å². The van der Waals surface area contributed by atoms with Crippen LogP contribution in [0.2, 0.25) is 0 Å². The second-order valence-electron chi connectivity index (χ2n) is 3.99. The standard InChI is InChI=1S/C13H19FO5S/c1-17-6-7-18-8-9-19-10-11-20(15,16)13-4-2-12(14)3-5-13/h2-5H,6-11H2,1H3. The largest absolute Gasteiger partial charge is 0.382 e. The molecule has 0 bridgehead atoms. The Morgan fingerprint density at radius 3 is 2.10 bits per heavy atom. The Labute approximate surface area is 118 Å². The van der Waals surface area contributed by atoms with Crippen LogP contribution in [-0.2, 0) is 24.0 Å². The van der Waals surface area contributed by atoms with E-state index in [1.54, 1.807) is 7.11 Å². The Morgan fingerprint density at radius 2 is 1.50 bits per heavy atom. The Hall–Kier alpha value is -1.02. The van der Waals surface area contributed by atoms with Crippen LogP contribution in [0.15, 0.2) is 29.2 Å². The van der Waals surface area contributed by atoms with Gasteiger partial charge in [-0.25, -0.2) is 12.8 Å². The fourth-order valence-electron chi connectivity index (χ4n) is 1.39. The zero-order chi connectivity index (χ0) is 14.8. The van der Waals surface area contributed by atoms with Gasteiger partial charge in [0.05, 0.1) is 43.7 Å². The molecule has 7 heteroatoms. The van der Waals surface area contributed by atoms with Crippen LogP contribution < -0.4 is 0 Å². The lowest BCUT2D eigenvalue weighted by molar-refractivity contribution is 0.0284. The van der Waals surface area contributed by atoms with Crippen LogP contribution in [0.3, 0.4) is 0 Å². The molecule has 114 valence electrons. The van der Waals surface area contributed by atoms with Gasteiger partial charge in [-0.2, -0.15) is 0 Å². The van der Waals surface area contributed by atoms with Gasteiger partial charge in [-0.3, -0.25) is 0 Å². The van der Waals surface area contributed by atoms with E-state index in [0.29, 0.717) is 26.4 Å². The number of halogens is 1. The van der Waals surface area contributed by atoms with Crippen molar-refractivity contribution in [2.45, 2.75) is 4.90 Å². The Bertz CT molecular complexity index is 472. The van der Waals surface area contributed by atoms with Crippen LogP contribution in [0.1, 0.15) is 0 Å². The average molecular weight is 306 g/mol. The van der Waals surface area contributed by atoms with Gasteiger partial charge >= 0.3 is 0 Å². The van der Waals surface area contributed by atoms with E-state index in [9.17, 15) is 12.8 Å². The lowest BCUT2D eigenvalue weighted by atomic mass is 10.4. The summed E-state index contributed by atoms with van der Waals surface area (Å²) in [5, 5.41) is 0. The van der Waals surface area contributed by atoms with Crippen molar-refractivity contribution in [2.75, 3.05) is 45.9 Å². The third kappa shape index (κ3) is 6.42. The van der Waals surface area contributed by atoms with Crippen molar-refractivity contribution in [1.82, 2.24) is 0 Å². The predicted octanol–water partition coefficient (Wildman–Crippen LogP) is 1.28. The van der Waals surface area contributed by atoms with Gasteiger partial charge in [0.25, 0.3) is 0 Å². The number of rotatable bonds is 10. The first kappa shape index (κ1) is 17.0. The summed E-state index contributed by atoms with van der Waals surface area (Å²) in [5.41, 5.74) is 0. The van der Waals surface area contributed by atoms with Crippen molar-refractivity contribution in [2.24, 2.45) is 0 Å². The Balaban J connectivity index is 2.22. The summed E-state index contributed by atoms with van der Waals surface area (Å²) in [6.07, 6.45) is 0. The van der Waals surface area contributed by atoms with E-state index in [2.05, 4.69) is 0 Å². The van der Waals surface area contributed by atoms with Crippen molar-refractivity contribution in [3.8, 4) is 0 Å². The van der Waals surface area contributed by atoms with Crippen LogP contribution >= 0.6 is 0 Å². The molecular weight excluding hydrogens is 287 g/mol. The van der Waals surface area contributed by atoms with Gasteiger partial charge in [0, 0.05) is 7.11 Å². The summed E-state index contributed by atoms with van der Waals surface area (Å²) < 4.78 is 51.6. The monoisotopic (exact) mass is 306 g/mol. The molecule has 0 N–H and O–H groups in total. The molecule has 1 aromatic carbocycles. The third-order valence-electron chi connectivity index (χ3n) is 2.47. The molecule has 0 radical (unpaired) electrons. The molecule has 0 heterocycles. The topological polar surface area (TPSA) is 61.8 Å². The molecule has 1 aromatic rings. The number of benzene rings is 1. The van der Waals surface area contributed by atoms with E-state index in [1.807, 2.05) is 0 Å². The number of ether oxygens (including phenoxy) is 3. The molecule has 1 rings (SSSR count). The Kier molecular flexibility index (Phi) is 7.68. The van der Waals surface area contributed by atoms with Gasteiger partial charge in [-0.05, 0) is 24.3 Å². The molecule has 5 nitrogen and oxygen atoms in total. The van der Waals surface area contributed by atoms with Gasteiger partial charge in [0.15, 0.2) is 9.84 Å². The maximum Gasteiger partial charge on any atom is 0.180 e. The molecule has 0 saturated heterocycles. The summed E-state index contributed by atoms with van der Waals surface area (Å²) in [6, 6.07) is 4.74. The number of methoxy groups -OCH3 is 1. The van der Waals surface area contributed by atoms with Gasteiger partial charge in [0.2, 0.25) is 0 Å². The van der Waals surface area contributed by atoms with Gasteiger partial charge in [0.1, 0.15) is 5.82 Å². The number of hydrogen-bond donors (Lipinski definition) is 0. The highest BCUT2D eigenvalue weighted by molar-refractivity contribution is 7.91. The minimum absolute atomic E-state index is 0.0767. The predicted molar refractivity (Wildman–Crippen MR) is 72.0 cm³/mol. The van der Waals surface area contributed by atoms with E-state index in [0.717, 1.165) is 12.1 Å². The van der Waals surface area contributed by atoms with E-state index in [4.69, 9.17) is 14.2 Å². The highest BCUT2D eigenvalue weighted by atomic mass is 32.2. The first-order valence-corrected chi connectivity index (χ1v) is 7.84. The lowest BCUT2D eigenvalue weighted by Crippen LogP contribution is -2.15. The van der Waals surface area contributed by atoms with Gasteiger partial charge < -0.3 is 14.2 Å². The van der Waals surface area contributed by atoms with Gasteiger partial charge in [-0.1, -0.05) is 0 Å². The highest BCUT2D eigenvalue weighted by Crippen LogP contribution is 2.11. The molecule has 0 amide bonds. The van der Waals surface area contributed by atoms with E-state index >= 15 is 0 Å². The molecule has 0 spiro atoms. The van der Waals surface area contributed by atoms with Crippen LogP contribution in [0.5, 0.6) is 0 Å². The van der Waals surface area contributed by atoms with E-state index < -0.39 is 15.7 Å². The molecular formula is C13H19FO5S. The second kappa shape index (κ2) is 9.02. The molecule has 0 atom stereocenters. The van der Waals surface area contributed by atoms with Crippen molar-refractivity contribution in [3.05, 3.63) is 30.1 Å². The van der Waals surface area contributed by atoms with Crippen molar-refractivity contribution >= 4 is 9.84 Å². The van der Waals surface area contributed by atoms with Crippen LogP contribution in [-0.4, -0.2) is 54.3 Å². The van der Waals surface area contributed by atoms with Crippen LogP contribution in [0, 0.1) is 5.82 Å². The molecule has 0 unspecified atom stereocenters. The second-order valence-corrected chi connectivity index (χ2v) is 6.10. The smallest absolute Gasteiger partial charge is 0.180 e. The SMILES string of the molecule is COCCOCCOCCS(=O)(=O)c1ccc(F)cc1. The minimum atomic E-state index is -3.43. The summed E-state index contributed by atoms with van der Waals surface area (Å²) in [4.78, 5) is 0.0962. The zero-order valence-corrected chi connectivity index (χ0v) is 12.2. The first-order valence-electron chi connectivity index (χ1n) is 6.19. The van der Waals surface area contributed by atoms with Crippen LogP contribution in [0.4, 0.5) is 4.39 Å². The average Bonchev–Trinajstić information content (AvgIpc) is 2.42. The summed E-state index contributed by atoms with van der Waals surface area (Å²) in [6.45, 7) is 1.78. The highest BCUT2D eigenvalue weighted by Gasteiger charge is 2.13. The molecule has 0 aliphatic heterocycles. The zero-order valence-electron chi connectivity index (χ0n) is 11.4. The molecule has 0 aromatic heterocycles. The van der Waals surface area contributed by atoms with Crippen LogP contribution in [0.25, 0.3) is 0 Å². The minimum Gasteiger partial charge on any atom is -0.382 e. The fourth-order valence-corrected chi connectivity index (χ4v) is 2.52. The quantitative estimate of drug-likeness (QED) is 0.481. The normalized spacial score (nSPS) is 11.7. The van der Waals surface area contributed by atoms with Crippen molar-refractivity contribution in [1.29, 1.82) is 0 Å². The Morgan fingerprint density at radius 1 is 0.950 bits per heavy atom. The fraction of sp³-hybridized carbons (Fsp3) is 0.538. The van der Waals surface area contributed by atoms with Crippen molar-refractivity contribution < 1.29 is 27.0 Å². The summed E-state index contributed by atoms with van der Waals surface area (Å²) in [7, 11) is -1.85. The molecule has 0 aliphatic carbocycles. The number of sulfone groups is 1. The maximum atomic E-state index is 12.7. The maximum absolute atomic E-state index is 12.7. The van der Waals surface area contributed by atoms with E-state index in [-0.39, 0.29) is 17.3 Å².